The molecule has 4 nitrogen and oxygen atoms in total. The molecule has 106 valence electrons. The summed E-state index contributed by atoms with van der Waals surface area (Å²) in [6.07, 6.45) is 12.0. The number of hydrogen-bond donors (Lipinski definition) is 1. The zero-order valence-electron chi connectivity index (χ0n) is 12.1. The SMILES string of the molecule is CCCCC1CCC(C(=O)Nc2cnn(C)c2)CC1. The van der Waals surface area contributed by atoms with Crippen LogP contribution in [-0.2, 0) is 11.8 Å². The lowest BCUT2D eigenvalue weighted by Gasteiger charge is -2.27. The Bertz CT molecular complexity index is 405. The van der Waals surface area contributed by atoms with Gasteiger partial charge in [0.15, 0.2) is 0 Å². The number of rotatable bonds is 5. The van der Waals surface area contributed by atoms with Crippen LogP contribution in [0.25, 0.3) is 0 Å². The molecule has 0 bridgehead atoms. The quantitative estimate of drug-likeness (QED) is 0.885. The Morgan fingerprint density at radius 3 is 2.74 bits per heavy atom. The van der Waals surface area contributed by atoms with Crippen LogP contribution in [0.15, 0.2) is 12.4 Å². The van der Waals surface area contributed by atoms with Gasteiger partial charge in [0.2, 0.25) is 5.91 Å². The van der Waals surface area contributed by atoms with E-state index in [0.717, 1.165) is 24.4 Å². The third kappa shape index (κ3) is 4.08. The summed E-state index contributed by atoms with van der Waals surface area (Å²) in [5.41, 5.74) is 0.806. The zero-order valence-corrected chi connectivity index (χ0v) is 12.1. The lowest BCUT2D eigenvalue weighted by Crippen LogP contribution is -2.27. The Morgan fingerprint density at radius 2 is 2.16 bits per heavy atom. The number of carbonyl (C=O) groups is 1. The number of anilines is 1. The molecule has 0 aromatic carbocycles. The molecule has 1 fully saturated rings. The van der Waals surface area contributed by atoms with E-state index in [4.69, 9.17) is 0 Å². The average molecular weight is 263 g/mol. The van der Waals surface area contributed by atoms with Crippen LogP contribution < -0.4 is 5.32 Å². The molecule has 1 aromatic rings. The van der Waals surface area contributed by atoms with Gasteiger partial charge < -0.3 is 5.32 Å². The molecule has 19 heavy (non-hydrogen) atoms. The fraction of sp³-hybridized carbons (Fsp3) is 0.733. The highest BCUT2D eigenvalue weighted by atomic mass is 16.1. The van der Waals surface area contributed by atoms with E-state index >= 15 is 0 Å². The minimum Gasteiger partial charge on any atom is -0.323 e. The molecule has 0 aliphatic heterocycles. The van der Waals surface area contributed by atoms with Gasteiger partial charge in [-0.25, -0.2) is 0 Å². The van der Waals surface area contributed by atoms with Crippen LogP contribution >= 0.6 is 0 Å². The van der Waals surface area contributed by atoms with Gasteiger partial charge in [0.1, 0.15) is 0 Å². The van der Waals surface area contributed by atoms with E-state index in [2.05, 4.69) is 17.3 Å². The second-order valence-corrected chi connectivity index (χ2v) is 5.75. The summed E-state index contributed by atoms with van der Waals surface area (Å²) in [7, 11) is 1.86. The smallest absolute Gasteiger partial charge is 0.227 e. The minimum absolute atomic E-state index is 0.168. The van der Waals surface area contributed by atoms with Crippen LogP contribution in [-0.4, -0.2) is 15.7 Å². The largest absolute Gasteiger partial charge is 0.323 e. The van der Waals surface area contributed by atoms with Crippen molar-refractivity contribution in [3.8, 4) is 0 Å². The number of unbranched alkanes of at least 4 members (excludes halogenated alkanes) is 1. The maximum absolute atomic E-state index is 12.1. The first-order valence-electron chi connectivity index (χ1n) is 7.48. The second kappa shape index (κ2) is 6.73. The van der Waals surface area contributed by atoms with E-state index in [9.17, 15) is 4.79 Å². The van der Waals surface area contributed by atoms with Crippen molar-refractivity contribution in [2.75, 3.05) is 5.32 Å². The summed E-state index contributed by atoms with van der Waals surface area (Å²) < 4.78 is 1.71. The van der Waals surface area contributed by atoms with Crippen LogP contribution in [0.1, 0.15) is 51.9 Å². The molecular formula is C15H25N3O. The number of nitrogens with zero attached hydrogens (tertiary/aromatic N) is 2. The standard InChI is InChI=1S/C15H25N3O/c1-3-4-5-12-6-8-13(9-7-12)15(19)17-14-10-16-18(2)11-14/h10-13H,3-9H2,1-2H3,(H,17,19). The molecule has 0 unspecified atom stereocenters. The molecule has 1 aromatic heterocycles. The van der Waals surface area contributed by atoms with E-state index in [0.29, 0.717) is 0 Å². The molecule has 4 heteroatoms. The van der Waals surface area contributed by atoms with E-state index in [1.165, 1.54) is 32.1 Å². The molecule has 2 rings (SSSR count). The molecule has 1 N–H and O–H groups in total. The first-order valence-corrected chi connectivity index (χ1v) is 7.48. The van der Waals surface area contributed by atoms with E-state index in [-0.39, 0.29) is 11.8 Å². The first kappa shape index (κ1) is 14.1. The normalized spacial score (nSPS) is 23.3. The van der Waals surface area contributed by atoms with E-state index in [1.807, 2.05) is 13.2 Å². The summed E-state index contributed by atoms with van der Waals surface area (Å²) in [6.45, 7) is 2.24. The van der Waals surface area contributed by atoms with Crippen LogP contribution in [0, 0.1) is 11.8 Å². The van der Waals surface area contributed by atoms with Gasteiger partial charge in [-0.3, -0.25) is 9.48 Å². The minimum atomic E-state index is 0.168. The van der Waals surface area contributed by atoms with Crippen molar-refractivity contribution in [1.29, 1.82) is 0 Å². The van der Waals surface area contributed by atoms with Gasteiger partial charge >= 0.3 is 0 Å². The Morgan fingerprint density at radius 1 is 1.42 bits per heavy atom. The summed E-state index contributed by atoms with van der Waals surface area (Å²) in [6, 6.07) is 0. The Labute approximate surface area is 115 Å². The second-order valence-electron chi connectivity index (χ2n) is 5.75. The lowest BCUT2D eigenvalue weighted by atomic mass is 9.79. The Balaban J connectivity index is 1.76. The highest BCUT2D eigenvalue weighted by Gasteiger charge is 2.26. The monoisotopic (exact) mass is 263 g/mol. The van der Waals surface area contributed by atoms with Gasteiger partial charge in [0.25, 0.3) is 0 Å². The number of aromatic nitrogens is 2. The van der Waals surface area contributed by atoms with Crippen LogP contribution in [0.4, 0.5) is 5.69 Å². The van der Waals surface area contributed by atoms with Crippen molar-refractivity contribution in [3.63, 3.8) is 0 Å². The van der Waals surface area contributed by atoms with E-state index in [1.54, 1.807) is 10.9 Å². The Hall–Kier alpha value is -1.32. The summed E-state index contributed by atoms with van der Waals surface area (Å²) in [5.74, 6) is 1.21. The third-order valence-electron chi connectivity index (χ3n) is 4.16. The maximum atomic E-state index is 12.1. The van der Waals surface area contributed by atoms with Crippen LogP contribution in [0.5, 0.6) is 0 Å². The molecular weight excluding hydrogens is 238 g/mol. The Kier molecular flexibility index (Phi) is 5.00. The van der Waals surface area contributed by atoms with Crippen molar-refractivity contribution in [3.05, 3.63) is 12.4 Å². The zero-order chi connectivity index (χ0) is 13.7. The summed E-state index contributed by atoms with van der Waals surface area (Å²) in [4.78, 5) is 12.1. The van der Waals surface area contributed by atoms with Crippen LogP contribution in [0.3, 0.4) is 0 Å². The molecule has 1 aliphatic rings. The van der Waals surface area contributed by atoms with Crippen molar-refractivity contribution in [2.45, 2.75) is 51.9 Å². The summed E-state index contributed by atoms with van der Waals surface area (Å²) >= 11 is 0. The lowest BCUT2D eigenvalue weighted by molar-refractivity contribution is -0.121. The summed E-state index contributed by atoms with van der Waals surface area (Å²) in [5, 5.41) is 7.03. The van der Waals surface area contributed by atoms with Gasteiger partial charge in [-0.05, 0) is 31.6 Å². The fourth-order valence-corrected chi connectivity index (χ4v) is 2.94. The van der Waals surface area contributed by atoms with Gasteiger partial charge in [0, 0.05) is 19.2 Å². The van der Waals surface area contributed by atoms with Crippen LogP contribution in [0.2, 0.25) is 0 Å². The molecule has 0 radical (unpaired) electrons. The molecule has 1 aliphatic carbocycles. The molecule has 0 atom stereocenters. The highest BCUT2D eigenvalue weighted by Crippen LogP contribution is 2.32. The number of amides is 1. The predicted molar refractivity (Wildman–Crippen MR) is 76.8 cm³/mol. The van der Waals surface area contributed by atoms with Gasteiger partial charge in [-0.2, -0.15) is 5.10 Å². The van der Waals surface area contributed by atoms with Crippen molar-refractivity contribution in [2.24, 2.45) is 18.9 Å². The number of nitrogens with one attached hydrogen (secondary N) is 1. The van der Waals surface area contributed by atoms with Gasteiger partial charge in [-0.1, -0.05) is 26.2 Å². The van der Waals surface area contributed by atoms with Gasteiger partial charge in [-0.15, -0.1) is 0 Å². The topological polar surface area (TPSA) is 46.9 Å². The van der Waals surface area contributed by atoms with Crippen molar-refractivity contribution < 1.29 is 4.79 Å². The predicted octanol–water partition coefficient (Wildman–Crippen LogP) is 3.36. The van der Waals surface area contributed by atoms with Crippen molar-refractivity contribution in [1.82, 2.24) is 9.78 Å². The first-order chi connectivity index (χ1) is 9.19. The van der Waals surface area contributed by atoms with Crippen molar-refractivity contribution >= 4 is 11.6 Å². The number of carbonyl (C=O) groups excluding carboxylic acids is 1. The van der Waals surface area contributed by atoms with E-state index < -0.39 is 0 Å². The number of hydrogen-bond acceptors (Lipinski definition) is 2. The molecule has 1 heterocycles. The third-order valence-corrected chi connectivity index (χ3v) is 4.16. The molecule has 0 saturated heterocycles. The molecule has 1 amide bonds. The van der Waals surface area contributed by atoms with Gasteiger partial charge in [0.05, 0.1) is 11.9 Å². The molecule has 1 saturated carbocycles. The highest BCUT2D eigenvalue weighted by molar-refractivity contribution is 5.92. The fourth-order valence-electron chi connectivity index (χ4n) is 2.94. The molecule has 0 spiro atoms. The average Bonchev–Trinajstić information content (AvgIpc) is 2.82. The number of aryl methyl sites for hydroxylation is 1. The maximum Gasteiger partial charge on any atom is 0.227 e.